The molecule has 5 rings (SSSR count). The molecule has 0 saturated carbocycles. The van der Waals surface area contributed by atoms with Gasteiger partial charge < -0.3 is 14.4 Å². The van der Waals surface area contributed by atoms with Gasteiger partial charge in [-0.1, -0.05) is 60.1 Å². The van der Waals surface area contributed by atoms with Gasteiger partial charge in [-0.3, -0.25) is 4.99 Å². The number of amidine groups is 1. The van der Waals surface area contributed by atoms with Crippen LogP contribution in [-0.2, 0) is 0 Å². The summed E-state index contributed by atoms with van der Waals surface area (Å²) in [5.41, 5.74) is 2.22. The molecular weight excluding hydrogens is 396 g/mol. The fourth-order valence-electron chi connectivity index (χ4n) is 4.04. The summed E-state index contributed by atoms with van der Waals surface area (Å²) < 4.78 is 12.0. The van der Waals surface area contributed by atoms with E-state index in [2.05, 4.69) is 35.2 Å². The van der Waals surface area contributed by atoms with Crippen molar-refractivity contribution in [1.29, 1.82) is 0 Å². The number of rotatable bonds is 5. The molecule has 2 heterocycles. The largest absolute Gasteiger partial charge is 0.486 e. The molecule has 0 aromatic heterocycles. The molecule has 4 nitrogen and oxygen atoms in total. The summed E-state index contributed by atoms with van der Waals surface area (Å²) in [5, 5.41) is 0.765. The lowest BCUT2D eigenvalue weighted by Gasteiger charge is -2.27. The standard InChI is InChI=1S/C25H23ClN2O2/c26-21-11-5-4-10-20(21)22-16-28(18-8-2-1-3-9-18)25(27-22)15-14-19-17-29-23-12-6-7-13-24(23)30-19/h1-13,19,22H,14-17H2. The Balaban J connectivity index is 1.35. The number of aliphatic imine (C=N–C) groups is 1. The summed E-state index contributed by atoms with van der Waals surface area (Å²) in [6.07, 6.45) is 1.66. The summed E-state index contributed by atoms with van der Waals surface area (Å²) in [5.74, 6) is 2.70. The van der Waals surface area contributed by atoms with Gasteiger partial charge in [0.25, 0.3) is 0 Å². The van der Waals surface area contributed by atoms with Crippen molar-refractivity contribution in [2.45, 2.75) is 25.0 Å². The number of nitrogens with zero attached hydrogens (tertiary/aromatic N) is 2. The quantitative estimate of drug-likeness (QED) is 0.515. The molecule has 30 heavy (non-hydrogen) atoms. The highest BCUT2D eigenvalue weighted by Crippen LogP contribution is 2.35. The van der Waals surface area contributed by atoms with Crippen molar-refractivity contribution >= 4 is 23.1 Å². The molecule has 2 aliphatic heterocycles. The van der Waals surface area contributed by atoms with Crippen LogP contribution in [0.3, 0.4) is 0 Å². The predicted molar refractivity (Wildman–Crippen MR) is 121 cm³/mol. The molecule has 5 heteroatoms. The van der Waals surface area contributed by atoms with Crippen molar-refractivity contribution in [3.05, 3.63) is 89.4 Å². The fourth-order valence-corrected chi connectivity index (χ4v) is 4.30. The molecule has 0 spiro atoms. The van der Waals surface area contributed by atoms with Gasteiger partial charge in [0.2, 0.25) is 0 Å². The summed E-state index contributed by atoms with van der Waals surface area (Å²) in [4.78, 5) is 7.36. The number of ether oxygens (including phenoxy) is 2. The number of hydrogen-bond donors (Lipinski definition) is 0. The minimum Gasteiger partial charge on any atom is -0.486 e. The molecule has 0 bridgehead atoms. The maximum Gasteiger partial charge on any atom is 0.161 e. The highest BCUT2D eigenvalue weighted by atomic mass is 35.5. The average Bonchev–Trinajstić information content (AvgIpc) is 3.22. The first-order chi connectivity index (χ1) is 14.8. The molecule has 0 N–H and O–H groups in total. The van der Waals surface area contributed by atoms with Gasteiger partial charge in [0.05, 0.1) is 12.6 Å². The lowest BCUT2D eigenvalue weighted by atomic mass is 10.1. The first-order valence-corrected chi connectivity index (χ1v) is 10.7. The average molecular weight is 419 g/mol. The Morgan fingerprint density at radius 3 is 2.47 bits per heavy atom. The van der Waals surface area contributed by atoms with E-state index in [0.29, 0.717) is 6.61 Å². The highest BCUT2D eigenvalue weighted by molar-refractivity contribution is 6.31. The third-order valence-electron chi connectivity index (χ3n) is 5.56. The van der Waals surface area contributed by atoms with E-state index in [9.17, 15) is 0 Å². The zero-order valence-electron chi connectivity index (χ0n) is 16.6. The second kappa shape index (κ2) is 8.41. The Hall–Kier alpha value is -2.98. The van der Waals surface area contributed by atoms with Crippen LogP contribution in [0.1, 0.15) is 24.4 Å². The molecule has 3 aromatic carbocycles. The molecule has 0 amide bonds. The lowest BCUT2D eigenvalue weighted by Crippen LogP contribution is -2.32. The summed E-state index contributed by atoms with van der Waals surface area (Å²) in [7, 11) is 0. The van der Waals surface area contributed by atoms with Crippen LogP contribution in [0.2, 0.25) is 5.02 Å². The summed E-state index contributed by atoms with van der Waals surface area (Å²) in [6.45, 7) is 1.34. The van der Waals surface area contributed by atoms with Gasteiger partial charge in [-0.25, -0.2) is 0 Å². The monoisotopic (exact) mass is 418 g/mol. The minimum absolute atomic E-state index is 0.0135. The Morgan fingerprint density at radius 1 is 0.900 bits per heavy atom. The zero-order chi connectivity index (χ0) is 20.3. The van der Waals surface area contributed by atoms with Crippen molar-refractivity contribution in [3.63, 3.8) is 0 Å². The van der Waals surface area contributed by atoms with Crippen molar-refractivity contribution in [2.24, 2.45) is 4.99 Å². The smallest absolute Gasteiger partial charge is 0.161 e. The summed E-state index contributed by atoms with van der Waals surface area (Å²) in [6, 6.07) is 26.2. The first-order valence-electron chi connectivity index (χ1n) is 10.3. The number of benzene rings is 3. The third-order valence-corrected chi connectivity index (χ3v) is 5.91. The Labute approximate surface area is 181 Å². The van der Waals surface area contributed by atoms with E-state index in [-0.39, 0.29) is 12.1 Å². The van der Waals surface area contributed by atoms with E-state index in [4.69, 9.17) is 26.1 Å². The number of anilines is 1. The first kappa shape index (κ1) is 19.0. The number of halogens is 1. The summed E-state index contributed by atoms with van der Waals surface area (Å²) >= 11 is 6.47. The second-order valence-corrected chi connectivity index (χ2v) is 7.97. The van der Waals surface area contributed by atoms with Gasteiger partial charge in [-0.05, 0) is 42.3 Å². The van der Waals surface area contributed by atoms with Crippen LogP contribution in [-0.4, -0.2) is 25.1 Å². The molecular formula is C25H23ClN2O2. The van der Waals surface area contributed by atoms with Crippen LogP contribution < -0.4 is 14.4 Å². The van der Waals surface area contributed by atoms with E-state index >= 15 is 0 Å². The van der Waals surface area contributed by atoms with Crippen LogP contribution >= 0.6 is 11.6 Å². The molecule has 3 aromatic rings. The van der Waals surface area contributed by atoms with Crippen LogP contribution in [0.5, 0.6) is 11.5 Å². The maximum atomic E-state index is 6.47. The predicted octanol–water partition coefficient (Wildman–Crippen LogP) is 5.92. The molecule has 152 valence electrons. The molecule has 0 saturated heterocycles. The van der Waals surface area contributed by atoms with Gasteiger partial charge >= 0.3 is 0 Å². The molecule has 2 atom stereocenters. The Bertz CT molecular complexity index is 1050. The Kier molecular flexibility index (Phi) is 5.33. The normalized spacial score (nSPS) is 20.2. The van der Waals surface area contributed by atoms with Crippen molar-refractivity contribution in [2.75, 3.05) is 18.1 Å². The minimum atomic E-state index is 0.0135. The fraction of sp³-hybridized carbons (Fsp3) is 0.240. The molecule has 0 radical (unpaired) electrons. The topological polar surface area (TPSA) is 34.1 Å². The van der Waals surface area contributed by atoms with E-state index < -0.39 is 0 Å². The zero-order valence-corrected chi connectivity index (χ0v) is 17.3. The molecule has 0 aliphatic carbocycles. The van der Waals surface area contributed by atoms with Crippen molar-refractivity contribution in [3.8, 4) is 11.5 Å². The highest BCUT2D eigenvalue weighted by Gasteiger charge is 2.30. The third kappa shape index (κ3) is 3.88. The molecule has 0 fully saturated rings. The number of hydrogen-bond acceptors (Lipinski definition) is 4. The van der Waals surface area contributed by atoms with Crippen LogP contribution in [0.15, 0.2) is 83.9 Å². The number of para-hydroxylation sites is 3. The second-order valence-electron chi connectivity index (χ2n) is 7.57. The van der Waals surface area contributed by atoms with Gasteiger partial charge in [0, 0.05) is 17.1 Å². The number of fused-ring (bicyclic) bond motifs is 1. The van der Waals surface area contributed by atoms with Gasteiger partial charge in [0.15, 0.2) is 11.5 Å². The van der Waals surface area contributed by atoms with Crippen molar-refractivity contribution in [1.82, 2.24) is 0 Å². The van der Waals surface area contributed by atoms with E-state index in [0.717, 1.165) is 53.0 Å². The van der Waals surface area contributed by atoms with Crippen LogP contribution in [0, 0.1) is 0 Å². The van der Waals surface area contributed by atoms with Crippen molar-refractivity contribution < 1.29 is 9.47 Å². The van der Waals surface area contributed by atoms with E-state index in [1.807, 2.05) is 48.5 Å². The van der Waals surface area contributed by atoms with Gasteiger partial charge in [-0.15, -0.1) is 0 Å². The van der Waals surface area contributed by atoms with Gasteiger partial charge in [0.1, 0.15) is 18.5 Å². The lowest BCUT2D eigenvalue weighted by molar-refractivity contribution is 0.0863. The van der Waals surface area contributed by atoms with Crippen LogP contribution in [0.4, 0.5) is 5.69 Å². The Morgan fingerprint density at radius 2 is 1.63 bits per heavy atom. The molecule has 2 unspecified atom stereocenters. The maximum absolute atomic E-state index is 6.47. The van der Waals surface area contributed by atoms with E-state index in [1.165, 1.54) is 0 Å². The van der Waals surface area contributed by atoms with Crippen LogP contribution in [0.25, 0.3) is 0 Å². The van der Waals surface area contributed by atoms with Gasteiger partial charge in [-0.2, -0.15) is 0 Å². The SMILES string of the molecule is Clc1ccccc1C1CN(c2ccccc2)C(CCC2COc3ccccc3O2)=N1. The molecule has 2 aliphatic rings. The van der Waals surface area contributed by atoms with E-state index in [1.54, 1.807) is 0 Å².